The predicted molar refractivity (Wildman–Crippen MR) is 65.2 cm³/mol. The van der Waals surface area contributed by atoms with Crippen LogP contribution in [0.2, 0.25) is 0 Å². The van der Waals surface area contributed by atoms with Crippen molar-refractivity contribution in [3.8, 4) is 0 Å². The van der Waals surface area contributed by atoms with Gasteiger partial charge in [0.25, 0.3) is 0 Å². The molecule has 0 aliphatic heterocycles. The maximum atomic E-state index is 4.39. The van der Waals surface area contributed by atoms with Crippen molar-refractivity contribution in [2.45, 2.75) is 38.6 Å². The molecule has 0 amide bonds. The molecule has 3 unspecified atom stereocenters. The van der Waals surface area contributed by atoms with Crippen LogP contribution in [-0.2, 0) is 6.42 Å². The molecule has 1 aliphatic carbocycles. The third kappa shape index (κ3) is 2.79. The lowest BCUT2D eigenvalue weighted by Crippen LogP contribution is -2.35. The molecule has 1 fully saturated rings. The number of nitrogens with one attached hydrogen (secondary N) is 1. The van der Waals surface area contributed by atoms with E-state index in [0.29, 0.717) is 0 Å². The zero-order valence-corrected chi connectivity index (χ0v) is 10.4. The summed E-state index contributed by atoms with van der Waals surface area (Å²) in [6.45, 7) is 2.39. The van der Waals surface area contributed by atoms with Crippen LogP contribution < -0.4 is 5.32 Å². The normalized spacial score (nSPS) is 31.7. The van der Waals surface area contributed by atoms with E-state index in [4.69, 9.17) is 0 Å². The van der Waals surface area contributed by atoms with Crippen LogP contribution in [0, 0.1) is 11.8 Å². The molecule has 84 valence electrons. The SMILES string of the molecule is CNC1CCC(C)C(Cc2cscn2)C1. The molecule has 1 aromatic heterocycles. The Morgan fingerprint density at radius 1 is 1.53 bits per heavy atom. The Balaban J connectivity index is 1.94. The van der Waals surface area contributed by atoms with E-state index in [9.17, 15) is 0 Å². The van der Waals surface area contributed by atoms with Gasteiger partial charge in [0.05, 0.1) is 11.2 Å². The van der Waals surface area contributed by atoms with Crippen LogP contribution in [0.5, 0.6) is 0 Å². The summed E-state index contributed by atoms with van der Waals surface area (Å²) in [6, 6.07) is 0.727. The van der Waals surface area contributed by atoms with Crippen molar-refractivity contribution in [3.63, 3.8) is 0 Å². The molecule has 1 saturated carbocycles. The van der Waals surface area contributed by atoms with Gasteiger partial charge in [-0.2, -0.15) is 0 Å². The molecule has 1 N–H and O–H groups in total. The standard InChI is InChI=1S/C12H20N2S/c1-9-3-4-11(13-2)5-10(9)6-12-7-15-8-14-12/h7-11,13H,3-6H2,1-2H3. The van der Waals surface area contributed by atoms with Crippen LogP contribution in [0.25, 0.3) is 0 Å². The van der Waals surface area contributed by atoms with E-state index in [1.54, 1.807) is 11.3 Å². The third-order valence-corrected chi connectivity index (χ3v) is 4.36. The molecule has 2 nitrogen and oxygen atoms in total. The average Bonchev–Trinajstić information content (AvgIpc) is 2.74. The van der Waals surface area contributed by atoms with Crippen molar-refractivity contribution in [2.24, 2.45) is 11.8 Å². The summed E-state index contributed by atoms with van der Waals surface area (Å²) < 4.78 is 0. The van der Waals surface area contributed by atoms with Crippen molar-refractivity contribution in [1.82, 2.24) is 10.3 Å². The zero-order valence-electron chi connectivity index (χ0n) is 9.57. The lowest BCUT2D eigenvalue weighted by atomic mass is 9.76. The highest BCUT2D eigenvalue weighted by Gasteiger charge is 2.27. The van der Waals surface area contributed by atoms with Crippen LogP contribution in [-0.4, -0.2) is 18.1 Å². The van der Waals surface area contributed by atoms with Crippen molar-refractivity contribution in [1.29, 1.82) is 0 Å². The van der Waals surface area contributed by atoms with E-state index >= 15 is 0 Å². The number of aromatic nitrogens is 1. The van der Waals surface area contributed by atoms with E-state index in [1.165, 1.54) is 31.4 Å². The molecule has 0 aromatic carbocycles. The Labute approximate surface area is 96.1 Å². The summed E-state index contributed by atoms with van der Waals surface area (Å²) in [5.41, 5.74) is 3.23. The molecule has 15 heavy (non-hydrogen) atoms. The number of rotatable bonds is 3. The minimum Gasteiger partial charge on any atom is -0.317 e. The van der Waals surface area contributed by atoms with E-state index in [-0.39, 0.29) is 0 Å². The molecular weight excluding hydrogens is 204 g/mol. The Morgan fingerprint density at radius 3 is 3.07 bits per heavy atom. The maximum Gasteiger partial charge on any atom is 0.0794 e. The maximum absolute atomic E-state index is 4.39. The molecule has 3 atom stereocenters. The molecule has 0 saturated heterocycles. The lowest BCUT2D eigenvalue weighted by molar-refractivity contribution is 0.214. The first-order valence-corrected chi connectivity index (χ1v) is 6.78. The summed E-state index contributed by atoms with van der Waals surface area (Å²) in [4.78, 5) is 4.39. The van der Waals surface area contributed by atoms with E-state index in [1.807, 2.05) is 5.51 Å². The first-order valence-electron chi connectivity index (χ1n) is 5.84. The van der Waals surface area contributed by atoms with Crippen molar-refractivity contribution in [3.05, 3.63) is 16.6 Å². The van der Waals surface area contributed by atoms with Gasteiger partial charge in [0, 0.05) is 11.4 Å². The van der Waals surface area contributed by atoms with Gasteiger partial charge < -0.3 is 5.32 Å². The molecule has 0 spiro atoms. The van der Waals surface area contributed by atoms with Crippen molar-refractivity contribution in [2.75, 3.05) is 7.05 Å². The number of hydrogen-bond acceptors (Lipinski definition) is 3. The molecule has 3 heteroatoms. The first-order chi connectivity index (χ1) is 7.29. The predicted octanol–water partition coefficient (Wildman–Crippen LogP) is 2.71. The fourth-order valence-corrected chi connectivity index (χ4v) is 3.14. The van der Waals surface area contributed by atoms with Crippen LogP contribution >= 0.6 is 11.3 Å². The fraction of sp³-hybridized carbons (Fsp3) is 0.750. The highest BCUT2D eigenvalue weighted by Crippen LogP contribution is 2.32. The van der Waals surface area contributed by atoms with Gasteiger partial charge in [0.15, 0.2) is 0 Å². The van der Waals surface area contributed by atoms with E-state index < -0.39 is 0 Å². The molecule has 1 aliphatic rings. The van der Waals surface area contributed by atoms with Crippen LogP contribution in [0.15, 0.2) is 10.9 Å². The second-order valence-corrected chi connectivity index (χ2v) is 5.44. The minimum atomic E-state index is 0.727. The van der Waals surface area contributed by atoms with Gasteiger partial charge in [-0.1, -0.05) is 6.92 Å². The molecule has 1 heterocycles. The van der Waals surface area contributed by atoms with Crippen molar-refractivity contribution < 1.29 is 0 Å². The quantitative estimate of drug-likeness (QED) is 0.854. The second-order valence-electron chi connectivity index (χ2n) is 4.72. The van der Waals surface area contributed by atoms with Gasteiger partial charge >= 0.3 is 0 Å². The van der Waals surface area contributed by atoms with Crippen molar-refractivity contribution >= 4 is 11.3 Å². The topological polar surface area (TPSA) is 24.9 Å². The Bertz CT molecular complexity index is 284. The molecule has 0 bridgehead atoms. The minimum absolute atomic E-state index is 0.727. The summed E-state index contributed by atoms with van der Waals surface area (Å²) in [7, 11) is 2.08. The molecule has 2 rings (SSSR count). The van der Waals surface area contributed by atoms with E-state index in [0.717, 1.165) is 17.9 Å². The van der Waals surface area contributed by atoms with Gasteiger partial charge in [0.2, 0.25) is 0 Å². The second kappa shape index (κ2) is 5.08. The summed E-state index contributed by atoms with van der Waals surface area (Å²) in [5, 5.41) is 5.61. The number of hydrogen-bond donors (Lipinski definition) is 1. The largest absolute Gasteiger partial charge is 0.317 e. The third-order valence-electron chi connectivity index (χ3n) is 3.73. The zero-order chi connectivity index (χ0) is 10.7. The Morgan fingerprint density at radius 2 is 2.40 bits per heavy atom. The summed E-state index contributed by atoms with van der Waals surface area (Å²) in [6.07, 6.45) is 5.18. The van der Waals surface area contributed by atoms with Gasteiger partial charge in [-0.25, -0.2) is 4.98 Å². The Kier molecular flexibility index (Phi) is 3.76. The van der Waals surface area contributed by atoms with Gasteiger partial charge in [-0.15, -0.1) is 11.3 Å². The highest BCUT2D eigenvalue weighted by atomic mass is 32.1. The number of nitrogens with zero attached hydrogens (tertiary/aromatic N) is 1. The molecule has 1 aromatic rings. The highest BCUT2D eigenvalue weighted by molar-refractivity contribution is 7.07. The summed E-state index contributed by atoms with van der Waals surface area (Å²) in [5.74, 6) is 1.68. The van der Waals surface area contributed by atoms with Gasteiger partial charge in [-0.3, -0.25) is 0 Å². The van der Waals surface area contributed by atoms with Crippen LogP contribution in [0.3, 0.4) is 0 Å². The molecule has 0 radical (unpaired) electrons. The summed E-state index contributed by atoms with van der Waals surface area (Å²) >= 11 is 1.71. The van der Waals surface area contributed by atoms with Gasteiger partial charge in [0.1, 0.15) is 0 Å². The monoisotopic (exact) mass is 224 g/mol. The lowest BCUT2D eigenvalue weighted by Gasteiger charge is -2.33. The van der Waals surface area contributed by atoms with Crippen LogP contribution in [0.4, 0.5) is 0 Å². The van der Waals surface area contributed by atoms with E-state index in [2.05, 4.69) is 29.7 Å². The average molecular weight is 224 g/mol. The van der Waals surface area contributed by atoms with Gasteiger partial charge in [-0.05, 0) is 44.6 Å². The number of thiazole rings is 1. The first kappa shape index (κ1) is 11.1. The van der Waals surface area contributed by atoms with Crippen LogP contribution in [0.1, 0.15) is 31.9 Å². The molecular formula is C12H20N2S. The fourth-order valence-electron chi connectivity index (χ4n) is 2.57. The smallest absolute Gasteiger partial charge is 0.0794 e. The Hall–Kier alpha value is -0.410.